The van der Waals surface area contributed by atoms with Gasteiger partial charge in [-0.2, -0.15) is 0 Å². The van der Waals surface area contributed by atoms with Crippen LogP contribution in [-0.4, -0.2) is 18.3 Å². The van der Waals surface area contributed by atoms with Crippen molar-refractivity contribution in [1.29, 1.82) is 0 Å². The van der Waals surface area contributed by atoms with Gasteiger partial charge in [0.05, 0.1) is 11.1 Å². The Morgan fingerprint density at radius 2 is 1.92 bits per heavy atom. The third-order valence-corrected chi connectivity index (χ3v) is 4.06. The second-order valence-electron chi connectivity index (χ2n) is 5.58. The summed E-state index contributed by atoms with van der Waals surface area (Å²) in [6, 6.07) is 8.08. The number of rotatable bonds is 5. The molecule has 0 aliphatic carbocycles. The van der Waals surface area contributed by atoms with Gasteiger partial charge in [-0.05, 0) is 56.7 Å². The molecule has 1 N–H and O–H groups in total. The van der Waals surface area contributed by atoms with Crippen LogP contribution in [0.4, 0.5) is 5.69 Å². The van der Waals surface area contributed by atoms with Crippen LogP contribution < -0.4 is 10.1 Å². The van der Waals surface area contributed by atoms with E-state index in [0.717, 1.165) is 11.8 Å². The standard InChI is InChI=1S/C18H17Cl2NO3/c1-10(2)24-16-8-13(7-15(19)17(16)20)18(23)21-14-5-4-12(9-22)11(3)6-14/h4-10H,1-3H3,(H,21,23). The smallest absolute Gasteiger partial charge is 0.255 e. The average molecular weight is 366 g/mol. The fourth-order valence-corrected chi connectivity index (χ4v) is 2.49. The van der Waals surface area contributed by atoms with Gasteiger partial charge in [-0.1, -0.05) is 23.2 Å². The molecule has 0 unspecified atom stereocenters. The third-order valence-electron chi connectivity index (χ3n) is 3.27. The largest absolute Gasteiger partial charge is 0.489 e. The maximum absolute atomic E-state index is 12.4. The number of carbonyl (C=O) groups is 2. The van der Waals surface area contributed by atoms with E-state index in [2.05, 4.69) is 5.32 Å². The van der Waals surface area contributed by atoms with E-state index in [0.29, 0.717) is 22.6 Å². The van der Waals surface area contributed by atoms with E-state index in [1.807, 2.05) is 13.8 Å². The summed E-state index contributed by atoms with van der Waals surface area (Å²) in [6.07, 6.45) is 0.672. The Labute approximate surface area is 150 Å². The Kier molecular flexibility index (Phi) is 5.86. The fraction of sp³-hybridized carbons (Fsp3) is 0.222. The van der Waals surface area contributed by atoms with Crippen LogP contribution in [0.15, 0.2) is 30.3 Å². The molecule has 0 fully saturated rings. The minimum Gasteiger partial charge on any atom is -0.489 e. The zero-order valence-electron chi connectivity index (χ0n) is 13.5. The number of aryl methyl sites for hydroxylation is 1. The highest BCUT2D eigenvalue weighted by molar-refractivity contribution is 6.43. The van der Waals surface area contributed by atoms with E-state index in [-0.39, 0.29) is 22.1 Å². The highest BCUT2D eigenvalue weighted by Crippen LogP contribution is 2.34. The summed E-state index contributed by atoms with van der Waals surface area (Å²) in [6.45, 7) is 5.51. The van der Waals surface area contributed by atoms with Crippen LogP contribution in [0.2, 0.25) is 10.0 Å². The van der Waals surface area contributed by atoms with Crippen LogP contribution in [0.25, 0.3) is 0 Å². The van der Waals surface area contributed by atoms with Crippen LogP contribution in [0.1, 0.15) is 40.1 Å². The lowest BCUT2D eigenvalue weighted by molar-refractivity contribution is 0.102. The Hall–Kier alpha value is -2.04. The van der Waals surface area contributed by atoms with Gasteiger partial charge in [0.25, 0.3) is 5.91 Å². The van der Waals surface area contributed by atoms with Gasteiger partial charge in [0.1, 0.15) is 17.1 Å². The number of ether oxygens (including phenoxy) is 1. The average Bonchev–Trinajstić information content (AvgIpc) is 2.51. The summed E-state index contributed by atoms with van der Waals surface area (Å²) in [5.74, 6) is 0.0113. The number of nitrogens with one attached hydrogen (secondary N) is 1. The van der Waals surface area contributed by atoms with Crippen molar-refractivity contribution in [1.82, 2.24) is 0 Å². The summed E-state index contributed by atoms with van der Waals surface area (Å²) >= 11 is 12.2. The molecule has 0 aliphatic rings. The molecule has 0 saturated carbocycles. The van der Waals surface area contributed by atoms with Crippen molar-refractivity contribution in [2.75, 3.05) is 5.32 Å². The predicted molar refractivity (Wildman–Crippen MR) is 96.7 cm³/mol. The summed E-state index contributed by atoms with van der Waals surface area (Å²) in [5, 5.41) is 3.28. The summed E-state index contributed by atoms with van der Waals surface area (Å²) < 4.78 is 5.58. The molecule has 126 valence electrons. The van der Waals surface area contributed by atoms with E-state index in [1.54, 1.807) is 31.2 Å². The molecular formula is C18H17Cl2NO3. The SMILES string of the molecule is Cc1cc(NC(=O)c2cc(Cl)c(Cl)c(OC(C)C)c2)ccc1C=O. The van der Waals surface area contributed by atoms with Crippen molar-refractivity contribution < 1.29 is 14.3 Å². The first-order valence-electron chi connectivity index (χ1n) is 7.34. The lowest BCUT2D eigenvalue weighted by Gasteiger charge is -2.14. The highest BCUT2D eigenvalue weighted by atomic mass is 35.5. The molecule has 2 aromatic rings. The molecule has 0 aromatic heterocycles. The van der Waals surface area contributed by atoms with E-state index in [4.69, 9.17) is 27.9 Å². The number of benzene rings is 2. The minimum atomic E-state index is -0.347. The second-order valence-corrected chi connectivity index (χ2v) is 6.37. The fourth-order valence-electron chi connectivity index (χ4n) is 2.12. The lowest BCUT2D eigenvalue weighted by atomic mass is 10.1. The first-order valence-corrected chi connectivity index (χ1v) is 8.10. The first kappa shape index (κ1) is 18.3. The number of hydrogen-bond donors (Lipinski definition) is 1. The molecule has 0 radical (unpaired) electrons. The van der Waals surface area contributed by atoms with Gasteiger partial charge in [0.2, 0.25) is 0 Å². The van der Waals surface area contributed by atoms with E-state index in [9.17, 15) is 9.59 Å². The number of halogens is 2. The molecule has 2 rings (SSSR count). The van der Waals surface area contributed by atoms with Crippen LogP contribution >= 0.6 is 23.2 Å². The van der Waals surface area contributed by atoms with E-state index in [1.165, 1.54) is 6.07 Å². The van der Waals surface area contributed by atoms with Gasteiger partial charge >= 0.3 is 0 Å². The summed E-state index contributed by atoms with van der Waals surface area (Å²) in [7, 11) is 0. The van der Waals surface area contributed by atoms with Crippen molar-refractivity contribution in [2.45, 2.75) is 26.9 Å². The summed E-state index contributed by atoms with van der Waals surface area (Å²) in [5.41, 5.74) is 2.27. The van der Waals surface area contributed by atoms with Gasteiger partial charge in [0.15, 0.2) is 0 Å². The number of anilines is 1. The predicted octanol–water partition coefficient (Wildman–Crippen LogP) is 5.15. The topological polar surface area (TPSA) is 55.4 Å². The van der Waals surface area contributed by atoms with E-state index < -0.39 is 0 Å². The van der Waals surface area contributed by atoms with Crippen LogP contribution in [0.5, 0.6) is 5.75 Å². The van der Waals surface area contributed by atoms with Crippen LogP contribution in [-0.2, 0) is 0 Å². The molecule has 0 aliphatic heterocycles. The van der Waals surface area contributed by atoms with Gasteiger partial charge < -0.3 is 10.1 Å². The second kappa shape index (κ2) is 7.69. The minimum absolute atomic E-state index is 0.101. The maximum Gasteiger partial charge on any atom is 0.255 e. The number of aldehydes is 1. The molecule has 24 heavy (non-hydrogen) atoms. The monoisotopic (exact) mass is 365 g/mol. The third kappa shape index (κ3) is 4.28. The zero-order chi connectivity index (χ0) is 17.9. The quantitative estimate of drug-likeness (QED) is 0.745. The molecule has 0 heterocycles. The highest BCUT2D eigenvalue weighted by Gasteiger charge is 2.15. The number of hydrogen-bond acceptors (Lipinski definition) is 3. The molecule has 6 heteroatoms. The zero-order valence-corrected chi connectivity index (χ0v) is 15.0. The molecule has 0 spiro atoms. The van der Waals surface area contributed by atoms with Gasteiger partial charge in [-0.25, -0.2) is 0 Å². The number of amides is 1. The van der Waals surface area contributed by atoms with E-state index >= 15 is 0 Å². The van der Waals surface area contributed by atoms with Crippen LogP contribution in [0, 0.1) is 6.92 Å². The molecule has 4 nitrogen and oxygen atoms in total. The van der Waals surface area contributed by atoms with Crippen LogP contribution in [0.3, 0.4) is 0 Å². The maximum atomic E-state index is 12.4. The Bertz CT molecular complexity index is 788. The first-order chi connectivity index (χ1) is 11.3. The molecule has 0 atom stereocenters. The molecular weight excluding hydrogens is 349 g/mol. The van der Waals surface area contributed by atoms with Gasteiger partial charge in [0, 0.05) is 16.8 Å². The van der Waals surface area contributed by atoms with Crippen molar-refractivity contribution in [3.63, 3.8) is 0 Å². The van der Waals surface area contributed by atoms with Gasteiger partial charge in [-0.15, -0.1) is 0 Å². The number of carbonyl (C=O) groups excluding carboxylic acids is 2. The lowest BCUT2D eigenvalue weighted by Crippen LogP contribution is -2.13. The van der Waals surface area contributed by atoms with Crippen molar-refractivity contribution in [3.05, 3.63) is 57.1 Å². The van der Waals surface area contributed by atoms with Gasteiger partial charge in [-0.3, -0.25) is 9.59 Å². The molecule has 0 saturated heterocycles. The molecule has 2 aromatic carbocycles. The Morgan fingerprint density at radius 1 is 1.21 bits per heavy atom. The Morgan fingerprint density at radius 3 is 2.50 bits per heavy atom. The van der Waals surface area contributed by atoms with Crippen molar-refractivity contribution in [2.24, 2.45) is 0 Å². The normalized spacial score (nSPS) is 10.6. The Balaban J connectivity index is 2.28. The summed E-state index contributed by atoms with van der Waals surface area (Å²) in [4.78, 5) is 23.3. The molecule has 1 amide bonds. The molecule has 0 bridgehead atoms. The van der Waals surface area contributed by atoms with Crippen molar-refractivity contribution >= 4 is 41.1 Å². The van der Waals surface area contributed by atoms with Crippen molar-refractivity contribution in [3.8, 4) is 5.75 Å².